The van der Waals surface area contributed by atoms with Gasteiger partial charge in [0.2, 0.25) is 0 Å². The third-order valence-electron chi connectivity index (χ3n) is 3.73. The number of aryl methyl sites for hydroxylation is 1. The van der Waals surface area contributed by atoms with E-state index >= 15 is 0 Å². The molecule has 0 saturated heterocycles. The summed E-state index contributed by atoms with van der Waals surface area (Å²) in [5.41, 5.74) is 1.06. The molecule has 1 aliphatic rings. The summed E-state index contributed by atoms with van der Waals surface area (Å²) in [7, 11) is 1.73. The Labute approximate surface area is 111 Å². The lowest BCUT2D eigenvalue weighted by molar-refractivity contribution is -0.142. The number of hydrogen-bond donors (Lipinski definition) is 2. The van der Waals surface area contributed by atoms with Gasteiger partial charge in [0, 0.05) is 13.1 Å². The van der Waals surface area contributed by atoms with Crippen molar-refractivity contribution in [3.63, 3.8) is 0 Å². The molecule has 7 nitrogen and oxygen atoms in total. The molecule has 0 aromatic carbocycles. The average molecular weight is 266 g/mol. The predicted molar refractivity (Wildman–Crippen MR) is 66.6 cm³/mol. The van der Waals surface area contributed by atoms with Crippen molar-refractivity contribution in [2.45, 2.75) is 38.6 Å². The molecule has 0 unspecified atom stereocenters. The van der Waals surface area contributed by atoms with E-state index in [1.165, 1.54) is 0 Å². The van der Waals surface area contributed by atoms with E-state index in [9.17, 15) is 9.59 Å². The first-order valence-corrected chi connectivity index (χ1v) is 6.39. The van der Waals surface area contributed by atoms with Crippen LogP contribution in [0.1, 0.15) is 41.9 Å². The number of carboxylic acids is 1. The van der Waals surface area contributed by atoms with E-state index in [2.05, 4.69) is 15.6 Å². The molecule has 104 valence electrons. The summed E-state index contributed by atoms with van der Waals surface area (Å²) in [6, 6.07) is 0.0320. The minimum absolute atomic E-state index is 0.0320. The molecular formula is C12H18N4O3. The Morgan fingerprint density at radius 3 is 2.42 bits per heavy atom. The number of amides is 1. The van der Waals surface area contributed by atoms with Gasteiger partial charge in [-0.25, -0.2) is 0 Å². The van der Waals surface area contributed by atoms with Gasteiger partial charge in [0.05, 0.1) is 11.6 Å². The smallest absolute Gasteiger partial charge is 0.306 e. The van der Waals surface area contributed by atoms with Crippen molar-refractivity contribution in [2.24, 2.45) is 13.0 Å². The zero-order valence-electron chi connectivity index (χ0n) is 11.1. The SMILES string of the molecule is Cc1c(C(=O)NC2CCC(C(=O)O)CC2)nnn1C. The number of aliphatic carboxylic acids is 1. The molecule has 1 amide bonds. The second-order valence-electron chi connectivity index (χ2n) is 5.01. The van der Waals surface area contributed by atoms with Crippen LogP contribution in [0.3, 0.4) is 0 Å². The topological polar surface area (TPSA) is 97.1 Å². The van der Waals surface area contributed by atoms with Crippen molar-refractivity contribution in [3.8, 4) is 0 Å². The average Bonchev–Trinajstić information content (AvgIpc) is 2.70. The third kappa shape index (κ3) is 2.91. The number of carbonyl (C=O) groups excluding carboxylic acids is 1. The van der Waals surface area contributed by atoms with Crippen LogP contribution >= 0.6 is 0 Å². The fourth-order valence-corrected chi connectivity index (χ4v) is 2.35. The summed E-state index contributed by atoms with van der Waals surface area (Å²) in [5, 5.41) is 19.4. The van der Waals surface area contributed by atoms with E-state index in [0.717, 1.165) is 5.69 Å². The lowest BCUT2D eigenvalue weighted by Gasteiger charge is -2.26. The Hall–Kier alpha value is -1.92. The Bertz CT molecular complexity index is 489. The van der Waals surface area contributed by atoms with Gasteiger partial charge in [-0.1, -0.05) is 5.21 Å². The molecule has 0 spiro atoms. The first kappa shape index (κ1) is 13.5. The van der Waals surface area contributed by atoms with Crippen LogP contribution in [0.4, 0.5) is 0 Å². The van der Waals surface area contributed by atoms with Crippen molar-refractivity contribution >= 4 is 11.9 Å². The predicted octanol–water partition coefficient (Wildman–Crippen LogP) is 0.497. The maximum atomic E-state index is 12.0. The molecule has 1 fully saturated rings. The molecule has 0 aliphatic heterocycles. The number of aromatic nitrogens is 3. The summed E-state index contributed by atoms with van der Waals surface area (Å²) in [6.45, 7) is 1.79. The van der Waals surface area contributed by atoms with Crippen LogP contribution < -0.4 is 5.32 Å². The Morgan fingerprint density at radius 2 is 1.95 bits per heavy atom. The molecule has 2 N–H and O–H groups in total. The largest absolute Gasteiger partial charge is 0.481 e. The number of carboxylic acid groups (broad SMARTS) is 1. The monoisotopic (exact) mass is 266 g/mol. The molecule has 1 saturated carbocycles. The van der Waals surface area contributed by atoms with Crippen molar-refractivity contribution in [1.29, 1.82) is 0 Å². The number of rotatable bonds is 3. The van der Waals surface area contributed by atoms with Gasteiger partial charge in [0.15, 0.2) is 5.69 Å². The van der Waals surface area contributed by atoms with Crippen molar-refractivity contribution < 1.29 is 14.7 Å². The number of hydrogen-bond acceptors (Lipinski definition) is 4. The standard InChI is InChI=1S/C12H18N4O3/c1-7-10(14-15-16(7)2)11(17)13-9-5-3-8(4-6-9)12(18)19/h8-9H,3-6H2,1-2H3,(H,13,17)(H,18,19). The first-order valence-electron chi connectivity index (χ1n) is 6.39. The van der Waals surface area contributed by atoms with E-state index in [4.69, 9.17) is 5.11 Å². The third-order valence-corrected chi connectivity index (χ3v) is 3.73. The number of nitrogens with zero attached hydrogens (tertiary/aromatic N) is 3. The van der Waals surface area contributed by atoms with Crippen LogP contribution in [0, 0.1) is 12.8 Å². The van der Waals surface area contributed by atoms with Crippen LogP contribution in [0.2, 0.25) is 0 Å². The minimum atomic E-state index is -0.741. The zero-order chi connectivity index (χ0) is 14.0. The zero-order valence-corrected chi connectivity index (χ0v) is 11.1. The van der Waals surface area contributed by atoms with Gasteiger partial charge in [-0.2, -0.15) is 0 Å². The second kappa shape index (κ2) is 5.38. The van der Waals surface area contributed by atoms with E-state index in [1.54, 1.807) is 18.7 Å². The molecule has 7 heteroatoms. The summed E-state index contributed by atoms with van der Waals surface area (Å²) < 4.78 is 1.55. The summed E-state index contributed by atoms with van der Waals surface area (Å²) in [6.07, 6.45) is 2.61. The normalized spacial score (nSPS) is 23.1. The molecular weight excluding hydrogens is 248 g/mol. The van der Waals surface area contributed by atoms with E-state index in [0.29, 0.717) is 31.4 Å². The lowest BCUT2D eigenvalue weighted by atomic mass is 9.86. The highest BCUT2D eigenvalue weighted by Gasteiger charge is 2.27. The number of carbonyl (C=O) groups is 2. The quantitative estimate of drug-likeness (QED) is 0.830. The van der Waals surface area contributed by atoms with E-state index in [-0.39, 0.29) is 17.9 Å². The van der Waals surface area contributed by atoms with Crippen LogP contribution in [0.5, 0.6) is 0 Å². The van der Waals surface area contributed by atoms with Crippen LogP contribution in [-0.4, -0.2) is 38.0 Å². The van der Waals surface area contributed by atoms with Crippen molar-refractivity contribution in [1.82, 2.24) is 20.3 Å². The van der Waals surface area contributed by atoms with Crippen molar-refractivity contribution in [3.05, 3.63) is 11.4 Å². The fraction of sp³-hybridized carbons (Fsp3) is 0.667. The molecule has 0 atom stereocenters. The van der Waals surface area contributed by atoms with E-state index in [1.807, 2.05) is 0 Å². The molecule has 19 heavy (non-hydrogen) atoms. The van der Waals surface area contributed by atoms with Crippen molar-refractivity contribution in [2.75, 3.05) is 0 Å². The van der Waals surface area contributed by atoms with Crippen LogP contribution in [-0.2, 0) is 11.8 Å². The van der Waals surface area contributed by atoms with Gasteiger partial charge in [0.1, 0.15) is 0 Å². The highest BCUT2D eigenvalue weighted by atomic mass is 16.4. The molecule has 1 aromatic rings. The minimum Gasteiger partial charge on any atom is -0.481 e. The highest BCUT2D eigenvalue weighted by Crippen LogP contribution is 2.24. The fourth-order valence-electron chi connectivity index (χ4n) is 2.35. The lowest BCUT2D eigenvalue weighted by Crippen LogP contribution is -2.39. The summed E-state index contributed by atoms with van der Waals surface area (Å²) in [4.78, 5) is 22.9. The van der Waals surface area contributed by atoms with E-state index < -0.39 is 5.97 Å². The highest BCUT2D eigenvalue weighted by molar-refractivity contribution is 5.93. The van der Waals surface area contributed by atoms with Gasteiger partial charge in [-0.3, -0.25) is 14.3 Å². The maximum Gasteiger partial charge on any atom is 0.306 e. The molecule has 1 aromatic heterocycles. The Morgan fingerprint density at radius 1 is 1.32 bits per heavy atom. The molecule has 0 bridgehead atoms. The van der Waals surface area contributed by atoms with Gasteiger partial charge in [0.25, 0.3) is 5.91 Å². The van der Waals surface area contributed by atoms with Gasteiger partial charge >= 0.3 is 5.97 Å². The molecule has 2 rings (SSSR count). The van der Waals surface area contributed by atoms with Gasteiger partial charge in [-0.05, 0) is 32.6 Å². The molecule has 1 heterocycles. The Balaban J connectivity index is 1.91. The first-order chi connectivity index (χ1) is 8.99. The molecule has 0 radical (unpaired) electrons. The van der Waals surface area contributed by atoms with Crippen LogP contribution in [0.15, 0.2) is 0 Å². The molecule has 1 aliphatic carbocycles. The van der Waals surface area contributed by atoms with Gasteiger partial charge < -0.3 is 10.4 Å². The number of nitrogens with one attached hydrogen (secondary N) is 1. The Kier molecular flexibility index (Phi) is 3.82. The second-order valence-corrected chi connectivity index (χ2v) is 5.01. The summed E-state index contributed by atoms with van der Waals surface area (Å²) >= 11 is 0. The van der Waals surface area contributed by atoms with Gasteiger partial charge in [-0.15, -0.1) is 5.10 Å². The summed E-state index contributed by atoms with van der Waals surface area (Å²) in [5.74, 6) is -1.25. The van der Waals surface area contributed by atoms with Crippen LogP contribution in [0.25, 0.3) is 0 Å². The maximum absolute atomic E-state index is 12.0.